The summed E-state index contributed by atoms with van der Waals surface area (Å²) in [5, 5.41) is 0.526. The minimum Gasteiger partial charge on any atom is -0.373 e. The lowest BCUT2D eigenvalue weighted by Gasteiger charge is -2.25. The Kier molecular flexibility index (Phi) is 6.47. The van der Waals surface area contributed by atoms with Crippen molar-refractivity contribution in [1.29, 1.82) is 0 Å². The SMILES string of the molecule is C=C(Cl)/C=C\C=C(/C)N1CCCN(c2ccc3[nH]c(-c4c5cccccc-5[nH]c4=O)nc3c2)CC1. The van der Waals surface area contributed by atoms with Gasteiger partial charge in [-0.3, -0.25) is 4.79 Å². The number of rotatable bonds is 5. The van der Waals surface area contributed by atoms with E-state index in [1.807, 2.05) is 36.4 Å². The van der Waals surface area contributed by atoms with Crippen LogP contribution in [0.2, 0.25) is 0 Å². The molecule has 1 saturated heterocycles. The molecule has 7 heteroatoms. The van der Waals surface area contributed by atoms with Crippen LogP contribution in [-0.4, -0.2) is 46.0 Å². The van der Waals surface area contributed by atoms with Gasteiger partial charge in [-0.1, -0.05) is 48.5 Å². The van der Waals surface area contributed by atoms with E-state index in [0.29, 0.717) is 16.4 Å². The lowest BCUT2D eigenvalue weighted by atomic mass is 10.1. The molecule has 35 heavy (non-hydrogen) atoms. The van der Waals surface area contributed by atoms with Crippen LogP contribution >= 0.6 is 11.6 Å². The van der Waals surface area contributed by atoms with E-state index in [0.717, 1.165) is 60.6 Å². The van der Waals surface area contributed by atoms with Gasteiger partial charge in [-0.25, -0.2) is 4.98 Å². The highest BCUT2D eigenvalue weighted by Gasteiger charge is 2.20. The van der Waals surface area contributed by atoms with E-state index >= 15 is 0 Å². The number of hydrogen-bond acceptors (Lipinski definition) is 4. The Hall–Kier alpha value is -3.77. The van der Waals surface area contributed by atoms with Crippen molar-refractivity contribution in [2.24, 2.45) is 0 Å². The first kappa shape index (κ1) is 23.0. The second-order valence-electron chi connectivity index (χ2n) is 8.80. The van der Waals surface area contributed by atoms with Gasteiger partial charge in [-0.05, 0) is 49.8 Å². The summed E-state index contributed by atoms with van der Waals surface area (Å²) in [7, 11) is 0. The average molecular weight is 486 g/mol. The summed E-state index contributed by atoms with van der Waals surface area (Å²) in [5.41, 5.74) is 6.24. The van der Waals surface area contributed by atoms with E-state index < -0.39 is 0 Å². The molecule has 3 aliphatic rings. The van der Waals surface area contributed by atoms with Gasteiger partial charge in [0.1, 0.15) is 5.82 Å². The minimum absolute atomic E-state index is 0.133. The van der Waals surface area contributed by atoms with Gasteiger partial charge < -0.3 is 19.8 Å². The van der Waals surface area contributed by atoms with Crippen molar-refractivity contribution in [1.82, 2.24) is 19.9 Å². The van der Waals surface area contributed by atoms with E-state index in [2.05, 4.69) is 57.5 Å². The molecule has 0 radical (unpaired) electrons. The summed E-state index contributed by atoms with van der Waals surface area (Å²) in [4.78, 5) is 28.6. The van der Waals surface area contributed by atoms with E-state index in [1.54, 1.807) is 6.08 Å². The van der Waals surface area contributed by atoms with Crippen molar-refractivity contribution in [3.8, 4) is 22.6 Å². The highest BCUT2D eigenvalue weighted by molar-refractivity contribution is 6.30. The Bertz CT molecular complexity index is 1460. The first-order valence-corrected chi connectivity index (χ1v) is 12.2. The Morgan fingerprint density at radius 2 is 1.94 bits per heavy atom. The van der Waals surface area contributed by atoms with Crippen molar-refractivity contribution >= 4 is 28.3 Å². The lowest BCUT2D eigenvalue weighted by molar-refractivity contribution is 0.370. The van der Waals surface area contributed by atoms with E-state index in [-0.39, 0.29) is 5.56 Å². The molecule has 1 aliphatic carbocycles. The minimum atomic E-state index is -0.133. The molecule has 1 aromatic carbocycles. The van der Waals surface area contributed by atoms with Crippen LogP contribution in [0.3, 0.4) is 0 Å². The van der Waals surface area contributed by atoms with Crippen LogP contribution in [0, 0.1) is 0 Å². The fourth-order valence-electron chi connectivity index (χ4n) is 4.65. The fraction of sp³-hybridized carbons (Fsp3) is 0.214. The van der Waals surface area contributed by atoms with Gasteiger partial charge in [0.25, 0.3) is 5.56 Å². The van der Waals surface area contributed by atoms with Crippen LogP contribution in [0.5, 0.6) is 0 Å². The third-order valence-electron chi connectivity index (χ3n) is 6.46. The largest absolute Gasteiger partial charge is 0.373 e. The van der Waals surface area contributed by atoms with E-state index in [1.165, 1.54) is 5.70 Å². The van der Waals surface area contributed by atoms with Gasteiger partial charge >= 0.3 is 0 Å². The van der Waals surface area contributed by atoms with Crippen LogP contribution in [0.15, 0.2) is 88.9 Å². The quantitative estimate of drug-likeness (QED) is 0.353. The molecule has 0 unspecified atom stereocenters. The predicted octanol–water partition coefficient (Wildman–Crippen LogP) is 5.75. The van der Waals surface area contributed by atoms with Crippen molar-refractivity contribution in [3.05, 3.63) is 94.4 Å². The Morgan fingerprint density at radius 3 is 2.80 bits per heavy atom. The van der Waals surface area contributed by atoms with E-state index in [4.69, 9.17) is 16.6 Å². The number of anilines is 1. The first-order valence-electron chi connectivity index (χ1n) is 11.8. The standard InChI is InChI=1S/C28H28ClN5O/c1-19(29)8-6-9-20(2)33-14-7-15-34(17-16-33)21-12-13-24-25(18-21)31-27(30-24)26-22-10-4-3-5-11-23(22)32-28(26)35/h3-6,8-13,18H,1,7,14-17H2,2H3,(H,30,31)(H,32,35)/b8-6-,20-9+. The van der Waals surface area contributed by atoms with Gasteiger partial charge in [0, 0.05) is 53.9 Å². The summed E-state index contributed by atoms with van der Waals surface area (Å²) in [6.07, 6.45) is 6.88. The van der Waals surface area contributed by atoms with Crippen LogP contribution in [0.4, 0.5) is 5.69 Å². The molecule has 2 N–H and O–H groups in total. The zero-order valence-corrected chi connectivity index (χ0v) is 20.5. The number of fused-ring (bicyclic) bond motifs is 2. The summed E-state index contributed by atoms with van der Waals surface area (Å²) >= 11 is 5.82. The first-order chi connectivity index (χ1) is 17.0. The second-order valence-corrected chi connectivity index (χ2v) is 9.28. The summed E-state index contributed by atoms with van der Waals surface area (Å²) in [5.74, 6) is 0.593. The number of allylic oxidation sites excluding steroid dienone is 5. The summed E-state index contributed by atoms with van der Waals surface area (Å²) < 4.78 is 0. The maximum Gasteiger partial charge on any atom is 0.260 e. The van der Waals surface area contributed by atoms with Gasteiger partial charge in [-0.15, -0.1) is 0 Å². The van der Waals surface area contributed by atoms with Gasteiger partial charge in [0.15, 0.2) is 0 Å². The van der Waals surface area contributed by atoms with Gasteiger partial charge in [-0.2, -0.15) is 0 Å². The summed E-state index contributed by atoms with van der Waals surface area (Å²) in [6, 6.07) is 15.9. The zero-order chi connectivity index (χ0) is 24.4. The smallest absolute Gasteiger partial charge is 0.260 e. The Balaban J connectivity index is 1.38. The number of H-pyrrole nitrogens is 2. The molecule has 0 bridgehead atoms. The third-order valence-corrected chi connectivity index (χ3v) is 6.59. The van der Waals surface area contributed by atoms with Crippen molar-refractivity contribution < 1.29 is 0 Å². The molecule has 2 aromatic rings. The molecular weight excluding hydrogens is 458 g/mol. The van der Waals surface area contributed by atoms with E-state index in [9.17, 15) is 4.79 Å². The molecule has 0 saturated carbocycles. The number of nitrogens with zero attached hydrogens (tertiary/aromatic N) is 3. The highest BCUT2D eigenvalue weighted by atomic mass is 35.5. The zero-order valence-electron chi connectivity index (χ0n) is 19.7. The van der Waals surface area contributed by atoms with Crippen LogP contribution < -0.4 is 10.5 Å². The number of imidazole rings is 1. The average Bonchev–Trinajstić information content (AvgIpc) is 3.15. The topological polar surface area (TPSA) is 68.0 Å². The lowest BCUT2D eigenvalue weighted by Crippen LogP contribution is -2.29. The number of aromatic nitrogens is 3. The van der Waals surface area contributed by atoms with Gasteiger partial charge in [0.2, 0.25) is 0 Å². The number of hydrogen-bond donors (Lipinski definition) is 2. The molecule has 1 aromatic heterocycles. The third kappa shape index (κ3) is 4.88. The van der Waals surface area contributed by atoms with Crippen molar-refractivity contribution in [3.63, 3.8) is 0 Å². The second kappa shape index (κ2) is 9.84. The normalized spacial score (nSPS) is 15.3. The maximum atomic E-state index is 12.7. The summed E-state index contributed by atoms with van der Waals surface area (Å²) in [6.45, 7) is 9.66. The molecule has 1 fully saturated rings. The maximum absolute atomic E-state index is 12.7. The molecule has 0 spiro atoms. The van der Waals surface area contributed by atoms with Crippen molar-refractivity contribution in [2.45, 2.75) is 13.3 Å². The number of nitrogens with one attached hydrogen (secondary N) is 2. The van der Waals surface area contributed by atoms with Gasteiger partial charge in [0.05, 0.1) is 16.6 Å². The Labute approximate surface area is 209 Å². The molecule has 3 heterocycles. The molecule has 0 amide bonds. The van der Waals surface area contributed by atoms with Crippen LogP contribution in [0.1, 0.15) is 13.3 Å². The number of halogens is 1. The molecule has 2 aliphatic heterocycles. The fourth-order valence-corrected chi connectivity index (χ4v) is 4.72. The molecule has 5 rings (SSSR count). The molecule has 0 atom stereocenters. The van der Waals surface area contributed by atoms with Crippen LogP contribution in [0.25, 0.3) is 33.7 Å². The monoisotopic (exact) mass is 485 g/mol. The highest BCUT2D eigenvalue weighted by Crippen LogP contribution is 2.30. The van der Waals surface area contributed by atoms with Crippen LogP contribution in [-0.2, 0) is 0 Å². The van der Waals surface area contributed by atoms with Crippen molar-refractivity contribution in [2.75, 3.05) is 31.1 Å². The number of aromatic amines is 2. The predicted molar refractivity (Wildman–Crippen MR) is 145 cm³/mol. The molecule has 6 nitrogen and oxygen atoms in total. The molecule has 178 valence electrons. The Morgan fingerprint density at radius 1 is 1.09 bits per heavy atom. The molecular formula is C28H28ClN5O. The number of benzene rings is 1.